The predicted molar refractivity (Wildman–Crippen MR) is 90.0 cm³/mol. The van der Waals surface area contributed by atoms with Crippen molar-refractivity contribution in [1.29, 1.82) is 0 Å². The van der Waals surface area contributed by atoms with Crippen LogP contribution in [0, 0.1) is 0 Å². The summed E-state index contributed by atoms with van der Waals surface area (Å²) in [7, 11) is 0. The fraction of sp³-hybridized carbons (Fsp3) is 0.389. The molecule has 0 saturated heterocycles. The summed E-state index contributed by atoms with van der Waals surface area (Å²) < 4.78 is 0. The molecule has 0 atom stereocenters. The molecule has 0 saturated carbocycles. The quantitative estimate of drug-likeness (QED) is 0.706. The van der Waals surface area contributed by atoms with Crippen LogP contribution in [-0.4, -0.2) is 23.3 Å². The van der Waals surface area contributed by atoms with Crippen molar-refractivity contribution in [1.82, 2.24) is 4.90 Å². The van der Waals surface area contributed by atoms with Crippen molar-refractivity contribution in [2.24, 2.45) is 0 Å². The number of nitrogens with zero attached hydrogens (tertiary/aromatic N) is 1. The van der Waals surface area contributed by atoms with Gasteiger partial charge >= 0.3 is 0 Å². The Labute approximate surface area is 131 Å². The van der Waals surface area contributed by atoms with Gasteiger partial charge in [-0.3, -0.25) is 9.69 Å². The normalized spacial score (nSPS) is 11.3. The minimum atomic E-state index is 0.226. The molecule has 2 rings (SSSR count). The van der Waals surface area contributed by atoms with Crippen molar-refractivity contribution in [3.8, 4) is 0 Å². The second-order valence-electron chi connectivity index (χ2n) is 5.53. The Morgan fingerprint density at radius 3 is 2.43 bits per heavy atom. The average molecular weight is 301 g/mol. The van der Waals surface area contributed by atoms with Gasteiger partial charge in [-0.05, 0) is 38.0 Å². The molecule has 0 amide bonds. The third-order valence-electron chi connectivity index (χ3n) is 3.59. The summed E-state index contributed by atoms with van der Waals surface area (Å²) in [6.45, 7) is 7.70. The minimum Gasteiger partial charge on any atom is -0.292 e. The minimum absolute atomic E-state index is 0.226. The van der Waals surface area contributed by atoms with Crippen LogP contribution >= 0.6 is 11.3 Å². The van der Waals surface area contributed by atoms with Gasteiger partial charge in [0.1, 0.15) is 0 Å². The highest BCUT2D eigenvalue weighted by atomic mass is 32.1. The van der Waals surface area contributed by atoms with Gasteiger partial charge in [0, 0.05) is 17.5 Å². The molecule has 0 radical (unpaired) electrons. The molecule has 0 N–H and O–H groups in total. The number of rotatable bonds is 7. The van der Waals surface area contributed by atoms with Gasteiger partial charge in [-0.1, -0.05) is 37.3 Å². The molecule has 112 valence electrons. The van der Waals surface area contributed by atoms with Gasteiger partial charge in [-0.2, -0.15) is 0 Å². The van der Waals surface area contributed by atoms with E-state index in [0.29, 0.717) is 12.6 Å². The standard InChI is InChI=1S/C18H23NOS/c1-4-16-10-11-18(21-16)17(20)13-19(14(2)3)12-15-8-6-5-7-9-15/h5-11,14H,4,12-13H2,1-3H3. The van der Waals surface area contributed by atoms with E-state index in [4.69, 9.17) is 0 Å². The number of ketones is 1. The molecule has 1 aromatic heterocycles. The maximum absolute atomic E-state index is 12.4. The molecule has 0 aliphatic heterocycles. The fourth-order valence-electron chi connectivity index (χ4n) is 2.22. The van der Waals surface area contributed by atoms with Crippen LogP contribution in [0.15, 0.2) is 42.5 Å². The van der Waals surface area contributed by atoms with Gasteiger partial charge < -0.3 is 0 Å². The number of thiophene rings is 1. The summed E-state index contributed by atoms with van der Waals surface area (Å²) in [6, 6.07) is 14.7. The van der Waals surface area contributed by atoms with E-state index in [-0.39, 0.29) is 5.78 Å². The van der Waals surface area contributed by atoms with Crippen molar-refractivity contribution >= 4 is 17.1 Å². The Balaban J connectivity index is 2.04. The molecule has 0 spiro atoms. The van der Waals surface area contributed by atoms with Crippen LogP contribution in [0.25, 0.3) is 0 Å². The molecular formula is C18H23NOS. The van der Waals surface area contributed by atoms with Gasteiger partial charge in [-0.25, -0.2) is 0 Å². The second-order valence-corrected chi connectivity index (χ2v) is 6.70. The highest BCUT2D eigenvalue weighted by molar-refractivity contribution is 7.14. The zero-order chi connectivity index (χ0) is 15.2. The summed E-state index contributed by atoms with van der Waals surface area (Å²) in [6.07, 6.45) is 0.996. The number of aryl methyl sites for hydroxylation is 1. The van der Waals surface area contributed by atoms with Crippen LogP contribution < -0.4 is 0 Å². The molecule has 2 nitrogen and oxygen atoms in total. The lowest BCUT2D eigenvalue weighted by Crippen LogP contribution is -2.35. The van der Waals surface area contributed by atoms with Crippen LogP contribution in [0.4, 0.5) is 0 Å². The maximum Gasteiger partial charge on any atom is 0.186 e. The highest BCUT2D eigenvalue weighted by Crippen LogP contribution is 2.19. The van der Waals surface area contributed by atoms with Gasteiger partial charge in [0.25, 0.3) is 0 Å². The maximum atomic E-state index is 12.4. The Morgan fingerprint density at radius 2 is 1.86 bits per heavy atom. The Hall–Kier alpha value is -1.45. The highest BCUT2D eigenvalue weighted by Gasteiger charge is 2.17. The van der Waals surface area contributed by atoms with E-state index >= 15 is 0 Å². The van der Waals surface area contributed by atoms with Crippen molar-refractivity contribution in [2.45, 2.75) is 39.8 Å². The molecule has 0 aliphatic carbocycles. The topological polar surface area (TPSA) is 20.3 Å². The van der Waals surface area contributed by atoms with E-state index in [9.17, 15) is 4.79 Å². The van der Waals surface area contributed by atoms with E-state index in [1.54, 1.807) is 11.3 Å². The van der Waals surface area contributed by atoms with Crippen molar-refractivity contribution in [3.05, 3.63) is 57.8 Å². The number of benzene rings is 1. The van der Waals surface area contributed by atoms with Crippen molar-refractivity contribution in [3.63, 3.8) is 0 Å². The molecule has 0 aliphatic rings. The molecule has 2 aromatic rings. The number of hydrogen-bond acceptors (Lipinski definition) is 3. The third-order valence-corrected chi connectivity index (χ3v) is 4.86. The van der Waals surface area contributed by atoms with E-state index in [0.717, 1.165) is 17.8 Å². The first-order valence-corrected chi connectivity index (χ1v) is 8.31. The van der Waals surface area contributed by atoms with Crippen LogP contribution in [0.5, 0.6) is 0 Å². The Kier molecular flexibility index (Phi) is 5.71. The lowest BCUT2D eigenvalue weighted by atomic mass is 10.1. The molecule has 1 heterocycles. The third kappa shape index (κ3) is 4.51. The van der Waals surface area contributed by atoms with E-state index in [1.807, 2.05) is 24.3 Å². The van der Waals surface area contributed by atoms with Crippen molar-refractivity contribution in [2.75, 3.05) is 6.54 Å². The zero-order valence-electron chi connectivity index (χ0n) is 13.0. The summed E-state index contributed by atoms with van der Waals surface area (Å²) in [5.41, 5.74) is 1.25. The SMILES string of the molecule is CCc1ccc(C(=O)CN(Cc2ccccc2)C(C)C)s1. The molecule has 1 aromatic carbocycles. The van der Waals surface area contributed by atoms with Crippen LogP contribution in [0.2, 0.25) is 0 Å². The lowest BCUT2D eigenvalue weighted by molar-refractivity contribution is 0.0902. The average Bonchev–Trinajstić information content (AvgIpc) is 2.96. The first kappa shape index (κ1) is 15.9. The van der Waals surface area contributed by atoms with Crippen LogP contribution in [0.3, 0.4) is 0 Å². The molecule has 0 unspecified atom stereocenters. The summed E-state index contributed by atoms with van der Waals surface area (Å²) >= 11 is 1.62. The molecular weight excluding hydrogens is 278 g/mol. The first-order chi connectivity index (χ1) is 10.1. The Bertz CT molecular complexity index is 574. The first-order valence-electron chi connectivity index (χ1n) is 7.50. The van der Waals surface area contributed by atoms with Crippen LogP contribution in [-0.2, 0) is 13.0 Å². The molecule has 21 heavy (non-hydrogen) atoms. The summed E-state index contributed by atoms with van der Waals surface area (Å²) in [5, 5.41) is 0. The van der Waals surface area contributed by atoms with Gasteiger partial charge in [0.05, 0.1) is 11.4 Å². The molecule has 0 bridgehead atoms. The number of Topliss-reactive ketones (excluding diaryl/α,β-unsaturated/α-hetero) is 1. The number of carbonyl (C=O) groups is 1. The summed E-state index contributed by atoms with van der Waals surface area (Å²) in [5.74, 6) is 0.226. The largest absolute Gasteiger partial charge is 0.292 e. The van der Waals surface area contributed by atoms with E-state index in [2.05, 4.69) is 43.9 Å². The predicted octanol–water partition coefficient (Wildman–Crippen LogP) is 4.40. The van der Waals surface area contributed by atoms with Gasteiger partial charge in [0.2, 0.25) is 0 Å². The second kappa shape index (κ2) is 7.53. The lowest BCUT2D eigenvalue weighted by Gasteiger charge is -2.25. The van der Waals surface area contributed by atoms with Gasteiger partial charge in [0.15, 0.2) is 5.78 Å². The fourth-order valence-corrected chi connectivity index (χ4v) is 3.10. The van der Waals surface area contributed by atoms with Gasteiger partial charge in [-0.15, -0.1) is 11.3 Å². The Morgan fingerprint density at radius 1 is 1.14 bits per heavy atom. The van der Waals surface area contributed by atoms with E-state index in [1.165, 1.54) is 10.4 Å². The van der Waals surface area contributed by atoms with E-state index < -0.39 is 0 Å². The van der Waals surface area contributed by atoms with Crippen LogP contribution in [0.1, 0.15) is 40.9 Å². The smallest absolute Gasteiger partial charge is 0.186 e. The number of carbonyl (C=O) groups excluding carboxylic acids is 1. The number of hydrogen-bond donors (Lipinski definition) is 0. The monoisotopic (exact) mass is 301 g/mol. The molecule has 0 fully saturated rings. The van der Waals surface area contributed by atoms with Crippen molar-refractivity contribution < 1.29 is 4.79 Å². The molecule has 3 heteroatoms. The summed E-state index contributed by atoms with van der Waals surface area (Å²) in [4.78, 5) is 16.8. The zero-order valence-corrected chi connectivity index (χ0v) is 13.8.